The molecule has 98 valence electrons. The molecule has 5 nitrogen and oxygen atoms in total. The number of aryl methyl sites for hydroxylation is 1. The van der Waals surface area contributed by atoms with Gasteiger partial charge in [-0.05, 0) is 30.2 Å². The first-order chi connectivity index (χ1) is 9.06. The molecule has 1 heterocycles. The van der Waals surface area contributed by atoms with E-state index in [0.717, 1.165) is 22.5 Å². The summed E-state index contributed by atoms with van der Waals surface area (Å²) in [6, 6.07) is 9.65. The van der Waals surface area contributed by atoms with Crippen LogP contribution in [0.15, 0.2) is 36.5 Å². The Morgan fingerprint density at radius 3 is 2.84 bits per heavy atom. The van der Waals surface area contributed by atoms with Crippen LogP contribution in [0.5, 0.6) is 0 Å². The maximum absolute atomic E-state index is 7.45. The highest BCUT2D eigenvalue weighted by atomic mass is 15.2. The summed E-state index contributed by atoms with van der Waals surface area (Å²) >= 11 is 0. The number of aromatic nitrogens is 2. The zero-order valence-corrected chi connectivity index (χ0v) is 11.1. The molecule has 1 aromatic carbocycles. The molecule has 0 bridgehead atoms. The zero-order chi connectivity index (χ0) is 13.8. The molecule has 2 aromatic rings. The van der Waals surface area contributed by atoms with Gasteiger partial charge in [0.1, 0.15) is 5.84 Å². The lowest BCUT2D eigenvalue weighted by molar-refractivity contribution is 0.862. The van der Waals surface area contributed by atoms with E-state index >= 15 is 0 Å². The van der Waals surface area contributed by atoms with Crippen molar-refractivity contribution in [1.29, 1.82) is 5.41 Å². The monoisotopic (exact) mass is 255 g/mol. The summed E-state index contributed by atoms with van der Waals surface area (Å²) in [6.07, 6.45) is 1.73. The van der Waals surface area contributed by atoms with Crippen molar-refractivity contribution in [3.05, 3.63) is 53.2 Å². The average Bonchev–Trinajstić information content (AvgIpc) is 2.39. The van der Waals surface area contributed by atoms with Crippen LogP contribution in [0.4, 0.5) is 5.82 Å². The molecule has 5 heteroatoms. The molecule has 0 saturated carbocycles. The van der Waals surface area contributed by atoms with E-state index in [-0.39, 0.29) is 5.84 Å². The molecule has 0 radical (unpaired) electrons. The number of benzene rings is 1. The fourth-order valence-electron chi connectivity index (χ4n) is 1.83. The van der Waals surface area contributed by atoms with E-state index in [1.54, 1.807) is 6.20 Å². The van der Waals surface area contributed by atoms with Crippen LogP contribution in [0.3, 0.4) is 0 Å². The van der Waals surface area contributed by atoms with Gasteiger partial charge in [0.05, 0.1) is 6.20 Å². The summed E-state index contributed by atoms with van der Waals surface area (Å²) in [5.74, 6) is 0.910. The fraction of sp³-hybridized carbons (Fsp3) is 0.214. The number of nitrogen functional groups attached to an aromatic ring is 1. The third kappa shape index (κ3) is 3.28. The molecule has 0 atom stereocenters. The second-order valence-electron chi connectivity index (χ2n) is 4.56. The number of amidine groups is 1. The van der Waals surface area contributed by atoms with Gasteiger partial charge in [-0.1, -0.05) is 18.2 Å². The standard InChI is InChI=1S/C14H17N5/c1-10-6-13(18-17-8-10)19(2)9-11-4-3-5-12(7-11)14(15)16/h3-8H,9H2,1-2H3,(H3,15,16). The Labute approximate surface area is 112 Å². The Balaban J connectivity index is 2.17. The highest BCUT2D eigenvalue weighted by Crippen LogP contribution is 2.13. The minimum Gasteiger partial charge on any atom is -0.384 e. The SMILES string of the molecule is Cc1cnnc(N(C)Cc2cccc(C(=N)N)c2)c1. The normalized spacial score (nSPS) is 10.2. The number of hydrogen-bond acceptors (Lipinski definition) is 4. The van der Waals surface area contributed by atoms with E-state index in [0.29, 0.717) is 6.54 Å². The molecule has 0 amide bonds. The van der Waals surface area contributed by atoms with Gasteiger partial charge in [-0.25, -0.2) is 0 Å². The van der Waals surface area contributed by atoms with E-state index in [1.807, 2.05) is 49.2 Å². The minimum atomic E-state index is 0.0832. The second kappa shape index (κ2) is 5.48. The first-order valence-electron chi connectivity index (χ1n) is 6.00. The average molecular weight is 255 g/mol. The molecule has 0 spiro atoms. The predicted molar refractivity (Wildman–Crippen MR) is 76.3 cm³/mol. The third-order valence-corrected chi connectivity index (χ3v) is 2.83. The Kier molecular flexibility index (Phi) is 3.75. The van der Waals surface area contributed by atoms with E-state index in [9.17, 15) is 0 Å². The third-order valence-electron chi connectivity index (χ3n) is 2.83. The molecule has 3 N–H and O–H groups in total. The van der Waals surface area contributed by atoms with Crippen LogP contribution >= 0.6 is 0 Å². The van der Waals surface area contributed by atoms with Gasteiger partial charge in [0, 0.05) is 19.2 Å². The van der Waals surface area contributed by atoms with Gasteiger partial charge in [-0.2, -0.15) is 5.10 Å². The van der Waals surface area contributed by atoms with Crippen molar-refractivity contribution in [2.24, 2.45) is 5.73 Å². The van der Waals surface area contributed by atoms with Crippen LogP contribution in [0.25, 0.3) is 0 Å². The summed E-state index contributed by atoms with van der Waals surface area (Å²) in [6.45, 7) is 2.68. The molecule has 0 saturated heterocycles. The molecule has 0 fully saturated rings. The lowest BCUT2D eigenvalue weighted by atomic mass is 10.1. The van der Waals surface area contributed by atoms with Crippen LogP contribution in [0.1, 0.15) is 16.7 Å². The molecule has 0 unspecified atom stereocenters. The number of nitrogens with zero attached hydrogens (tertiary/aromatic N) is 3. The highest BCUT2D eigenvalue weighted by molar-refractivity contribution is 5.95. The predicted octanol–water partition coefficient (Wildman–Crippen LogP) is 1.71. The van der Waals surface area contributed by atoms with Crippen LogP contribution < -0.4 is 10.6 Å². The van der Waals surface area contributed by atoms with Crippen molar-refractivity contribution >= 4 is 11.7 Å². The Bertz CT molecular complexity index is 594. The molecular formula is C14H17N5. The second-order valence-corrected chi connectivity index (χ2v) is 4.56. The summed E-state index contributed by atoms with van der Waals surface area (Å²) in [7, 11) is 1.96. The van der Waals surface area contributed by atoms with Crippen molar-refractivity contribution in [1.82, 2.24) is 10.2 Å². The lowest BCUT2D eigenvalue weighted by Crippen LogP contribution is -2.19. The smallest absolute Gasteiger partial charge is 0.151 e. The summed E-state index contributed by atoms with van der Waals surface area (Å²) < 4.78 is 0. The highest BCUT2D eigenvalue weighted by Gasteiger charge is 2.05. The van der Waals surface area contributed by atoms with Crippen LogP contribution in [-0.2, 0) is 6.54 Å². The molecule has 0 aliphatic carbocycles. The first-order valence-corrected chi connectivity index (χ1v) is 6.00. The van der Waals surface area contributed by atoms with Gasteiger partial charge < -0.3 is 10.6 Å². The van der Waals surface area contributed by atoms with E-state index in [2.05, 4.69) is 10.2 Å². The van der Waals surface area contributed by atoms with Crippen LogP contribution in [0, 0.1) is 12.3 Å². The van der Waals surface area contributed by atoms with Crippen molar-refractivity contribution in [2.75, 3.05) is 11.9 Å². The largest absolute Gasteiger partial charge is 0.384 e. The van der Waals surface area contributed by atoms with Crippen LogP contribution in [-0.4, -0.2) is 23.1 Å². The van der Waals surface area contributed by atoms with Crippen molar-refractivity contribution in [2.45, 2.75) is 13.5 Å². The molecule has 2 rings (SSSR count). The van der Waals surface area contributed by atoms with E-state index in [1.165, 1.54) is 0 Å². The zero-order valence-electron chi connectivity index (χ0n) is 11.1. The van der Waals surface area contributed by atoms with Gasteiger partial charge in [0.25, 0.3) is 0 Å². The lowest BCUT2D eigenvalue weighted by Gasteiger charge is -2.18. The summed E-state index contributed by atoms with van der Waals surface area (Å²) in [4.78, 5) is 2.01. The summed E-state index contributed by atoms with van der Waals surface area (Å²) in [5, 5.41) is 15.5. The molecule has 0 aliphatic rings. The number of nitrogens with one attached hydrogen (secondary N) is 1. The van der Waals surface area contributed by atoms with Gasteiger partial charge in [-0.3, -0.25) is 5.41 Å². The molecule has 19 heavy (non-hydrogen) atoms. The summed E-state index contributed by atoms with van der Waals surface area (Å²) in [5.41, 5.74) is 8.39. The van der Waals surface area contributed by atoms with Gasteiger partial charge in [0.15, 0.2) is 5.82 Å². The molecular weight excluding hydrogens is 238 g/mol. The number of rotatable bonds is 4. The maximum Gasteiger partial charge on any atom is 0.151 e. The number of nitrogens with two attached hydrogens (primary N) is 1. The number of hydrogen-bond donors (Lipinski definition) is 2. The van der Waals surface area contributed by atoms with Gasteiger partial charge >= 0.3 is 0 Å². The topological polar surface area (TPSA) is 78.9 Å². The Morgan fingerprint density at radius 1 is 1.37 bits per heavy atom. The van der Waals surface area contributed by atoms with Gasteiger partial charge in [-0.15, -0.1) is 5.10 Å². The minimum absolute atomic E-state index is 0.0832. The number of anilines is 1. The van der Waals surface area contributed by atoms with Crippen molar-refractivity contribution in [3.63, 3.8) is 0 Å². The van der Waals surface area contributed by atoms with Crippen LogP contribution in [0.2, 0.25) is 0 Å². The fourth-order valence-corrected chi connectivity index (χ4v) is 1.83. The molecule has 0 aliphatic heterocycles. The maximum atomic E-state index is 7.45. The van der Waals surface area contributed by atoms with Crippen molar-refractivity contribution < 1.29 is 0 Å². The molecule has 1 aromatic heterocycles. The van der Waals surface area contributed by atoms with E-state index < -0.39 is 0 Å². The Hall–Kier alpha value is -2.43. The first kappa shape index (κ1) is 13.0. The van der Waals surface area contributed by atoms with Crippen molar-refractivity contribution in [3.8, 4) is 0 Å². The van der Waals surface area contributed by atoms with Gasteiger partial charge in [0.2, 0.25) is 0 Å². The quantitative estimate of drug-likeness (QED) is 0.644. The van der Waals surface area contributed by atoms with E-state index in [4.69, 9.17) is 11.1 Å². The Morgan fingerprint density at radius 2 is 2.16 bits per heavy atom.